The molecule has 0 aliphatic rings. The number of nitrogens with one attached hydrogen (secondary N) is 1. The lowest BCUT2D eigenvalue weighted by atomic mass is 10.0. The lowest BCUT2D eigenvalue weighted by molar-refractivity contribution is -0.122. The first-order chi connectivity index (χ1) is 11.0. The van der Waals surface area contributed by atoms with Gasteiger partial charge in [0.2, 0.25) is 5.91 Å². The molecule has 0 aliphatic heterocycles. The van der Waals surface area contributed by atoms with Crippen molar-refractivity contribution in [2.24, 2.45) is 0 Å². The highest BCUT2D eigenvalue weighted by molar-refractivity contribution is 5.75. The van der Waals surface area contributed by atoms with E-state index in [1.165, 1.54) is 4.68 Å². The predicted molar refractivity (Wildman–Crippen MR) is 85.5 cm³/mol. The molecule has 2 unspecified atom stereocenters. The smallest absolute Gasteiger partial charge is 0.242 e. The molecule has 124 valence electrons. The Labute approximate surface area is 135 Å². The second kappa shape index (κ2) is 7.82. The van der Waals surface area contributed by atoms with Crippen LogP contribution in [0.4, 0.5) is 0 Å². The molecule has 2 N–H and O–H groups in total. The third kappa shape index (κ3) is 4.85. The van der Waals surface area contributed by atoms with Crippen LogP contribution in [0.3, 0.4) is 0 Å². The molecule has 1 heterocycles. The Bertz CT molecular complexity index is 626. The second-order valence-corrected chi connectivity index (χ2v) is 5.98. The molecule has 0 saturated carbocycles. The van der Waals surface area contributed by atoms with Crippen LogP contribution < -0.4 is 5.32 Å². The average molecular weight is 317 g/mol. The van der Waals surface area contributed by atoms with E-state index in [2.05, 4.69) is 20.8 Å². The van der Waals surface area contributed by atoms with Crippen LogP contribution in [0.15, 0.2) is 30.3 Å². The van der Waals surface area contributed by atoms with Gasteiger partial charge >= 0.3 is 0 Å². The van der Waals surface area contributed by atoms with Gasteiger partial charge in [-0.05, 0) is 29.3 Å². The fourth-order valence-corrected chi connectivity index (χ4v) is 2.40. The molecule has 23 heavy (non-hydrogen) atoms. The van der Waals surface area contributed by atoms with Crippen LogP contribution >= 0.6 is 0 Å². The Morgan fingerprint density at radius 2 is 1.96 bits per heavy atom. The van der Waals surface area contributed by atoms with Crippen LogP contribution in [-0.2, 0) is 11.3 Å². The first-order valence-corrected chi connectivity index (χ1v) is 7.75. The van der Waals surface area contributed by atoms with Crippen molar-refractivity contribution in [3.05, 3.63) is 41.7 Å². The van der Waals surface area contributed by atoms with Gasteiger partial charge in [-0.15, -0.1) is 5.10 Å². The minimum atomic E-state index is -0.606. The van der Waals surface area contributed by atoms with Gasteiger partial charge in [-0.1, -0.05) is 44.2 Å². The zero-order valence-electron chi connectivity index (χ0n) is 13.7. The molecule has 0 aliphatic carbocycles. The Hall–Kier alpha value is -2.28. The number of aliphatic hydroxyl groups excluding tert-OH is 1. The normalized spacial score (nSPS) is 13.8. The zero-order valence-corrected chi connectivity index (χ0v) is 13.7. The number of carbonyl (C=O) groups excluding carboxylic acids is 1. The molecule has 1 aromatic carbocycles. The van der Waals surface area contributed by atoms with Crippen molar-refractivity contribution in [2.45, 2.75) is 51.8 Å². The van der Waals surface area contributed by atoms with Gasteiger partial charge in [-0.2, -0.15) is 0 Å². The number of tetrazole rings is 1. The lowest BCUT2D eigenvalue weighted by Crippen LogP contribution is -2.36. The lowest BCUT2D eigenvalue weighted by Gasteiger charge is -2.18. The van der Waals surface area contributed by atoms with Crippen LogP contribution in [0.2, 0.25) is 0 Å². The molecule has 0 fully saturated rings. The van der Waals surface area contributed by atoms with E-state index in [0.717, 1.165) is 5.56 Å². The molecule has 0 saturated heterocycles. The van der Waals surface area contributed by atoms with Gasteiger partial charge < -0.3 is 10.4 Å². The summed E-state index contributed by atoms with van der Waals surface area (Å²) < 4.78 is 1.50. The minimum Gasteiger partial charge on any atom is -0.388 e. The number of rotatable bonds is 7. The number of carbonyl (C=O) groups is 1. The fourth-order valence-electron chi connectivity index (χ4n) is 2.40. The highest BCUT2D eigenvalue weighted by Crippen LogP contribution is 2.17. The van der Waals surface area contributed by atoms with E-state index in [4.69, 9.17) is 0 Å². The van der Waals surface area contributed by atoms with E-state index in [1.54, 1.807) is 0 Å². The number of aromatic nitrogens is 4. The van der Waals surface area contributed by atoms with Crippen molar-refractivity contribution in [2.75, 3.05) is 0 Å². The summed E-state index contributed by atoms with van der Waals surface area (Å²) in [6, 6.07) is 9.25. The van der Waals surface area contributed by atoms with Crippen molar-refractivity contribution < 1.29 is 9.90 Å². The maximum Gasteiger partial charge on any atom is 0.242 e. The van der Waals surface area contributed by atoms with E-state index in [-0.39, 0.29) is 24.4 Å². The largest absolute Gasteiger partial charge is 0.388 e. The van der Waals surface area contributed by atoms with Crippen LogP contribution in [-0.4, -0.2) is 37.3 Å². The number of aliphatic hydroxyl groups is 1. The first-order valence-electron chi connectivity index (χ1n) is 7.75. The fraction of sp³-hybridized carbons (Fsp3) is 0.500. The molecular formula is C16H23N5O2. The summed E-state index contributed by atoms with van der Waals surface area (Å²) in [6.45, 7) is 5.89. The molecule has 0 spiro atoms. The van der Waals surface area contributed by atoms with Crippen molar-refractivity contribution >= 4 is 5.91 Å². The third-order valence-corrected chi connectivity index (χ3v) is 3.54. The maximum atomic E-state index is 12.1. The maximum absolute atomic E-state index is 12.1. The Morgan fingerprint density at radius 3 is 2.61 bits per heavy atom. The standard InChI is InChI=1S/C16H23N5O2/c1-11(2)16-18-19-20-21(16)10-15(23)17-12(3)9-14(22)13-7-5-4-6-8-13/h4-8,11-12,14,22H,9-10H2,1-3H3,(H,17,23). The van der Waals surface area contributed by atoms with Gasteiger partial charge in [-0.25, -0.2) is 4.68 Å². The molecule has 1 amide bonds. The Morgan fingerprint density at radius 1 is 1.26 bits per heavy atom. The summed E-state index contributed by atoms with van der Waals surface area (Å²) in [7, 11) is 0. The summed E-state index contributed by atoms with van der Waals surface area (Å²) in [6.07, 6.45) is -0.159. The zero-order chi connectivity index (χ0) is 16.8. The van der Waals surface area contributed by atoms with Gasteiger partial charge in [0.25, 0.3) is 0 Å². The highest BCUT2D eigenvalue weighted by atomic mass is 16.3. The summed E-state index contributed by atoms with van der Waals surface area (Å²) in [5.74, 6) is 0.652. The molecule has 7 heteroatoms. The number of hydrogen-bond donors (Lipinski definition) is 2. The van der Waals surface area contributed by atoms with Gasteiger partial charge in [0.1, 0.15) is 6.54 Å². The van der Waals surface area contributed by atoms with Crippen molar-refractivity contribution in [3.63, 3.8) is 0 Å². The van der Waals surface area contributed by atoms with Gasteiger partial charge in [0, 0.05) is 12.0 Å². The molecule has 2 rings (SSSR count). The van der Waals surface area contributed by atoms with Gasteiger partial charge in [0.05, 0.1) is 6.10 Å². The molecular weight excluding hydrogens is 294 g/mol. The Kier molecular flexibility index (Phi) is 5.81. The molecule has 2 aromatic rings. The minimum absolute atomic E-state index is 0.0757. The SMILES string of the molecule is CC(CC(O)c1ccccc1)NC(=O)Cn1nnnc1C(C)C. The first kappa shape index (κ1) is 17.1. The van der Waals surface area contributed by atoms with Crippen LogP contribution in [0.1, 0.15) is 50.6 Å². The molecule has 0 bridgehead atoms. The van der Waals surface area contributed by atoms with Crippen molar-refractivity contribution in [1.82, 2.24) is 25.5 Å². The molecule has 7 nitrogen and oxygen atoms in total. The predicted octanol–water partition coefficient (Wildman–Crippen LogP) is 1.42. The van der Waals surface area contributed by atoms with Gasteiger partial charge in [0.15, 0.2) is 5.82 Å². The van der Waals surface area contributed by atoms with E-state index in [0.29, 0.717) is 12.2 Å². The van der Waals surface area contributed by atoms with E-state index >= 15 is 0 Å². The average Bonchev–Trinajstić information content (AvgIpc) is 2.96. The monoisotopic (exact) mass is 317 g/mol. The van der Waals surface area contributed by atoms with Crippen LogP contribution in [0, 0.1) is 0 Å². The summed E-state index contributed by atoms with van der Waals surface area (Å²) in [4.78, 5) is 12.1. The topological polar surface area (TPSA) is 92.9 Å². The molecule has 0 radical (unpaired) electrons. The molecule has 1 aromatic heterocycles. The summed E-state index contributed by atoms with van der Waals surface area (Å²) >= 11 is 0. The van der Waals surface area contributed by atoms with Crippen molar-refractivity contribution in [1.29, 1.82) is 0 Å². The number of benzene rings is 1. The third-order valence-electron chi connectivity index (χ3n) is 3.54. The number of nitrogens with zero attached hydrogens (tertiary/aromatic N) is 4. The number of hydrogen-bond acceptors (Lipinski definition) is 5. The summed E-state index contributed by atoms with van der Waals surface area (Å²) in [5, 5.41) is 24.4. The van der Waals surface area contributed by atoms with E-state index in [9.17, 15) is 9.90 Å². The van der Waals surface area contributed by atoms with Gasteiger partial charge in [-0.3, -0.25) is 4.79 Å². The van der Waals surface area contributed by atoms with Crippen LogP contribution in [0.25, 0.3) is 0 Å². The second-order valence-electron chi connectivity index (χ2n) is 5.98. The molecule has 2 atom stereocenters. The van der Waals surface area contributed by atoms with Crippen molar-refractivity contribution in [3.8, 4) is 0 Å². The van der Waals surface area contributed by atoms with E-state index in [1.807, 2.05) is 51.1 Å². The van der Waals surface area contributed by atoms with E-state index < -0.39 is 6.10 Å². The summed E-state index contributed by atoms with van der Waals surface area (Å²) in [5.41, 5.74) is 0.844. The highest BCUT2D eigenvalue weighted by Gasteiger charge is 2.17. The Balaban J connectivity index is 1.86. The quantitative estimate of drug-likeness (QED) is 0.806. The number of amides is 1. The van der Waals surface area contributed by atoms with Crippen LogP contribution in [0.5, 0.6) is 0 Å².